The van der Waals surface area contributed by atoms with Crippen LogP contribution in [0.15, 0.2) is 115 Å². The van der Waals surface area contributed by atoms with Crippen molar-refractivity contribution in [2.45, 2.75) is 131 Å². The van der Waals surface area contributed by atoms with Crippen molar-refractivity contribution in [3.05, 3.63) is 143 Å². The molecule has 69 heavy (non-hydrogen) atoms. The zero-order chi connectivity index (χ0) is 48.4. The fraction of sp³-hybridized carbons (Fsp3) is 0.312. The first-order chi connectivity index (χ1) is 32.4. The summed E-state index contributed by atoms with van der Waals surface area (Å²) in [6, 6.07) is 46.2. The normalized spacial score (nSPS) is 14.5. The highest BCUT2D eigenvalue weighted by Crippen LogP contribution is 2.55. The van der Waals surface area contributed by atoms with Gasteiger partial charge < -0.3 is 9.47 Å². The molecule has 0 spiro atoms. The molecule has 0 fully saturated rings. The van der Waals surface area contributed by atoms with Crippen molar-refractivity contribution >= 4 is 121 Å². The second-order valence-corrected chi connectivity index (χ2v) is 27.0. The minimum absolute atomic E-state index is 0.00724. The van der Waals surface area contributed by atoms with Crippen molar-refractivity contribution in [3.8, 4) is 5.69 Å². The van der Waals surface area contributed by atoms with E-state index in [1.54, 1.807) is 0 Å². The first kappa shape index (κ1) is 43.0. The summed E-state index contributed by atoms with van der Waals surface area (Å²) in [5, 5.41) is 9.47. The van der Waals surface area contributed by atoms with Gasteiger partial charge >= 0.3 is 0 Å². The van der Waals surface area contributed by atoms with Gasteiger partial charge in [-0.2, -0.15) is 0 Å². The number of benzene rings is 7. The molecule has 7 aromatic carbocycles. The predicted molar refractivity (Wildman–Crippen MR) is 304 cm³/mol. The van der Waals surface area contributed by atoms with Crippen molar-refractivity contribution in [3.63, 3.8) is 0 Å². The lowest BCUT2D eigenvalue weighted by Crippen LogP contribution is -2.61. The second-order valence-electron chi connectivity index (χ2n) is 25.9. The van der Waals surface area contributed by atoms with Crippen molar-refractivity contribution in [1.29, 1.82) is 0 Å². The molecule has 3 nitrogen and oxygen atoms in total. The Labute approximate surface area is 412 Å². The van der Waals surface area contributed by atoms with Gasteiger partial charge in [0.05, 0.1) is 27.9 Å². The molecule has 344 valence electrons. The number of aromatic nitrogens is 2. The van der Waals surface area contributed by atoms with E-state index in [0.29, 0.717) is 0 Å². The van der Waals surface area contributed by atoms with Gasteiger partial charge in [-0.05, 0) is 126 Å². The molecule has 0 N–H and O–H groups in total. The number of hydrogen-bond donors (Lipinski definition) is 0. The van der Waals surface area contributed by atoms with Gasteiger partial charge in [0, 0.05) is 59.3 Å². The third-order valence-corrected chi connectivity index (χ3v) is 17.3. The van der Waals surface area contributed by atoms with Crippen LogP contribution in [0.3, 0.4) is 0 Å². The molecule has 0 amide bonds. The maximum absolute atomic E-state index is 2.76. The first-order valence-corrected chi connectivity index (χ1v) is 26.1. The van der Waals surface area contributed by atoms with E-state index in [1.807, 2.05) is 11.3 Å². The Morgan fingerprint density at radius 2 is 0.971 bits per heavy atom. The Morgan fingerprint density at radius 1 is 0.420 bits per heavy atom. The van der Waals surface area contributed by atoms with Gasteiger partial charge in [-0.1, -0.05) is 165 Å². The van der Waals surface area contributed by atoms with Gasteiger partial charge in [-0.25, -0.2) is 0 Å². The molecule has 6 heterocycles. The number of thiophene rings is 1. The molecule has 11 aromatic rings. The lowest BCUT2D eigenvalue weighted by Gasteiger charge is -2.42. The zero-order valence-electron chi connectivity index (χ0n) is 43.3. The molecular formula is C64H64BN3S. The molecular weight excluding hydrogens is 854 g/mol. The van der Waals surface area contributed by atoms with Gasteiger partial charge in [0.1, 0.15) is 4.83 Å². The molecule has 5 heteroatoms. The van der Waals surface area contributed by atoms with Crippen LogP contribution in [0.1, 0.15) is 132 Å². The molecule has 0 bridgehead atoms. The Balaban J connectivity index is 1.35. The molecule has 0 saturated carbocycles. The molecule has 0 atom stereocenters. The lowest BCUT2D eigenvalue weighted by molar-refractivity contribution is 0.590. The van der Waals surface area contributed by atoms with Gasteiger partial charge in [0.2, 0.25) is 0 Å². The van der Waals surface area contributed by atoms with Gasteiger partial charge in [0.15, 0.2) is 0 Å². The third kappa shape index (κ3) is 5.80. The average Bonchev–Trinajstić information content (AvgIpc) is 4.01. The number of hydrogen-bond acceptors (Lipinski definition) is 2. The largest absolute Gasteiger partial charge is 0.311 e. The van der Waals surface area contributed by atoms with E-state index in [0.717, 1.165) is 0 Å². The highest BCUT2D eigenvalue weighted by molar-refractivity contribution is 7.25. The Bertz CT molecular complexity index is 4020. The van der Waals surface area contributed by atoms with Gasteiger partial charge in [0.25, 0.3) is 6.71 Å². The van der Waals surface area contributed by atoms with E-state index >= 15 is 0 Å². The van der Waals surface area contributed by atoms with E-state index < -0.39 is 0 Å². The Morgan fingerprint density at radius 3 is 1.62 bits per heavy atom. The van der Waals surface area contributed by atoms with Crippen LogP contribution < -0.4 is 21.3 Å². The fourth-order valence-corrected chi connectivity index (χ4v) is 13.5. The maximum atomic E-state index is 2.76. The highest BCUT2D eigenvalue weighted by Gasteiger charge is 2.47. The van der Waals surface area contributed by atoms with Crippen LogP contribution >= 0.6 is 11.3 Å². The molecule has 4 aromatic heterocycles. The summed E-state index contributed by atoms with van der Waals surface area (Å²) >= 11 is 1.95. The first-order valence-electron chi connectivity index (χ1n) is 25.3. The van der Waals surface area contributed by atoms with Crippen LogP contribution in [-0.2, 0) is 27.1 Å². The SMILES string of the molecule is CC(C)(C)c1ccc(N2c3ccc(C(C)(C)C)cc3B3c4c2c2c5cc(C(C)(C)C)ccc5n5c6sc7ccccc7c6c(c4-n4c6ccc(C(C)(C)C)cc6c6cc(C(C)(C)C)cc3c64)c25)cc1. The topological polar surface area (TPSA) is 12.6 Å². The molecule has 0 saturated heterocycles. The number of fused-ring (bicyclic) bond motifs is 17. The number of rotatable bonds is 1. The highest BCUT2D eigenvalue weighted by atomic mass is 32.1. The summed E-state index contributed by atoms with van der Waals surface area (Å²) < 4.78 is 6.77. The van der Waals surface area contributed by atoms with E-state index in [2.05, 4.69) is 233 Å². The van der Waals surface area contributed by atoms with Crippen LogP contribution in [0.25, 0.3) is 75.0 Å². The number of nitrogens with zero attached hydrogens (tertiary/aromatic N) is 3. The summed E-state index contributed by atoms with van der Waals surface area (Å²) in [6.07, 6.45) is 0. The monoisotopic (exact) mass is 917 g/mol. The van der Waals surface area contributed by atoms with Crippen LogP contribution in [-0.4, -0.2) is 15.7 Å². The number of anilines is 3. The van der Waals surface area contributed by atoms with Crippen LogP contribution in [0.2, 0.25) is 0 Å². The Kier molecular flexibility index (Phi) is 8.37. The molecule has 0 unspecified atom stereocenters. The van der Waals surface area contributed by atoms with Gasteiger partial charge in [-0.15, -0.1) is 11.3 Å². The van der Waals surface area contributed by atoms with Gasteiger partial charge in [-0.3, -0.25) is 4.40 Å². The summed E-state index contributed by atoms with van der Waals surface area (Å²) in [5.74, 6) is 0. The smallest absolute Gasteiger partial charge is 0.252 e. The van der Waals surface area contributed by atoms with Crippen LogP contribution in [0, 0.1) is 0 Å². The molecule has 0 aliphatic carbocycles. The molecule has 0 radical (unpaired) electrons. The Hall–Kier alpha value is -6.04. The summed E-state index contributed by atoms with van der Waals surface area (Å²) in [4.78, 5) is 4.02. The van der Waals surface area contributed by atoms with E-state index in [1.165, 1.54) is 136 Å². The van der Waals surface area contributed by atoms with Crippen molar-refractivity contribution in [1.82, 2.24) is 8.97 Å². The maximum Gasteiger partial charge on any atom is 0.252 e. The molecule has 13 rings (SSSR count). The molecule has 2 aliphatic heterocycles. The van der Waals surface area contributed by atoms with E-state index in [9.17, 15) is 0 Å². The average molecular weight is 918 g/mol. The van der Waals surface area contributed by atoms with E-state index in [-0.39, 0.29) is 33.8 Å². The standard InChI is InChI=1S/C64H64BN3S/c1-60(2,3)35-20-25-40(26-21-35)66-49-29-24-38(63(10,11)12)33-45(49)65-46-34-39(64(13,14)15)32-43-42-30-36(61(4,5)6)22-27-47(42)67(55(43)46)58-53-51-41-18-16-17-19-50(41)69-59(51)68-48-28-23-37(62(7,8)9)31-44(48)52(56(53)68)57(66)54(58)65/h16-34H,1-15H3. The van der Waals surface area contributed by atoms with Crippen LogP contribution in [0.4, 0.5) is 17.1 Å². The zero-order valence-corrected chi connectivity index (χ0v) is 44.1. The fourth-order valence-electron chi connectivity index (χ4n) is 12.3. The molecule has 2 aliphatic rings. The second kappa shape index (κ2) is 13.4. The summed E-state index contributed by atoms with van der Waals surface area (Å²) in [5.41, 5.74) is 21.2. The minimum atomic E-state index is -0.0746. The lowest BCUT2D eigenvalue weighted by atomic mass is 9.33. The third-order valence-electron chi connectivity index (χ3n) is 16.2. The van der Waals surface area contributed by atoms with Crippen molar-refractivity contribution < 1.29 is 0 Å². The minimum Gasteiger partial charge on any atom is -0.311 e. The predicted octanol–water partition coefficient (Wildman–Crippen LogP) is 16.2. The summed E-state index contributed by atoms with van der Waals surface area (Å²) in [7, 11) is 0. The van der Waals surface area contributed by atoms with Crippen LogP contribution in [0.5, 0.6) is 0 Å². The summed E-state index contributed by atoms with van der Waals surface area (Å²) in [6.45, 7) is 35.4. The quantitative estimate of drug-likeness (QED) is 0.150. The van der Waals surface area contributed by atoms with Crippen molar-refractivity contribution in [2.75, 3.05) is 4.90 Å². The van der Waals surface area contributed by atoms with E-state index in [4.69, 9.17) is 0 Å². The van der Waals surface area contributed by atoms with Crippen molar-refractivity contribution in [2.24, 2.45) is 0 Å².